The summed E-state index contributed by atoms with van der Waals surface area (Å²) < 4.78 is 33.4. The summed E-state index contributed by atoms with van der Waals surface area (Å²) in [5, 5.41) is 10.2. The Balaban J connectivity index is 1.30. The molecule has 38 heavy (non-hydrogen) atoms. The molecule has 0 aliphatic carbocycles. The lowest BCUT2D eigenvalue weighted by Gasteiger charge is -2.18. The van der Waals surface area contributed by atoms with Gasteiger partial charge in [-0.15, -0.1) is 0 Å². The topological polar surface area (TPSA) is 54.0 Å². The van der Waals surface area contributed by atoms with Crippen LogP contribution in [0.2, 0.25) is 0 Å². The van der Waals surface area contributed by atoms with E-state index in [0.717, 1.165) is 29.3 Å². The lowest BCUT2D eigenvalue weighted by Crippen LogP contribution is -2.15. The highest BCUT2D eigenvalue weighted by atomic mass is 19.2. The molecule has 5 nitrogen and oxygen atoms in total. The van der Waals surface area contributed by atoms with Crippen molar-refractivity contribution in [1.29, 1.82) is 0 Å². The molecule has 1 aromatic heterocycles. The summed E-state index contributed by atoms with van der Waals surface area (Å²) in [6.45, 7) is 8.03. The van der Waals surface area contributed by atoms with Gasteiger partial charge < -0.3 is 4.52 Å². The van der Waals surface area contributed by atoms with Crippen LogP contribution in [-0.4, -0.2) is 22.1 Å². The van der Waals surface area contributed by atoms with Gasteiger partial charge in [-0.1, -0.05) is 73.3 Å². The predicted molar refractivity (Wildman–Crippen MR) is 147 cm³/mol. The molecule has 4 aromatic rings. The van der Waals surface area contributed by atoms with E-state index in [1.165, 1.54) is 23.3 Å². The van der Waals surface area contributed by atoms with Gasteiger partial charge in [0.05, 0.1) is 18.1 Å². The van der Waals surface area contributed by atoms with Crippen LogP contribution in [0.1, 0.15) is 30.7 Å². The van der Waals surface area contributed by atoms with Gasteiger partial charge in [-0.3, -0.25) is 10.0 Å². The van der Waals surface area contributed by atoms with Gasteiger partial charge in [0.2, 0.25) is 0 Å². The summed E-state index contributed by atoms with van der Waals surface area (Å²) in [5.41, 5.74) is 6.74. The van der Waals surface area contributed by atoms with E-state index in [0.29, 0.717) is 29.3 Å². The molecule has 3 aromatic carbocycles. The van der Waals surface area contributed by atoms with Crippen molar-refractivity contribution in [1.82, 2.24) is 10.2 Å². The lowest BCUT2D eigenvalue weighted by atomic mass is 10.0. The van der Waals surface area contributed by atoms with Gasteiger partial charge in [0, 0.05) is 28.5 Å². The van der Waals surface area contributed by atoms with Crippen LogP contribution >= 0.6 is 0 Å². The van der Waals surface area contributed by atoms with Gasteiger partial charge in [0.15, 0.2) is 17.4 Å². The molecule has 0 atom stereocenters. The van der Waals surface area contributed by atoms with Crippen LogP contribution in [0, 0.1) is 11.6 Å². The zero-order valence-electron chi connectivity index (χ0n) is 21.2. The first kappa shape index (κ1) is 25.0. The first-order chi connectivity index (χ1) is 18.4. The van der Waals surface area contributed by atoms with Crippen LogP contribution in [0.5, 0.6) is 0 Å². The van der Waals surface area contributed by atoms with E-state index in [9.17, 15) is 8.78 Å². The number of aromatic nitrogens is 1. The molecule has 0 N–H and O–H groups in total. The summed E-state index contributed by atoms with van der Waals surface area (Å²) in [4.78, 5) is 4.47. The number of nitrogens with zero attached hydrogens (tertiary/aromatic N) is 4. The molecule has 0 saturated heterocycles. The Labute approximate surface area is 220 Å². The zero-order valence-corrected chi connectivity index (χ0v) is 21.2. The van der Waals surface area contributed by atoms with E-state index >= 15 is 0 Å². The average Bonchev–Trinajstić information content (AvgIpc) is 3.40. The molecule has 1 aliphatic heterocycles. The van der Waals surface area contributed by atoms with Crippen LogP contribution in [0.3, 0.4) is 0 Å². The molecular formula is C31H26F2N4O. The minimum absolute atomic E-state index is 0.0941. The number of hydrogen-bond acceptors (Lipinski definition) is 5. The highest BCUT2D eigenvalue weighted by Crippen LogP contribution is 2.26. The van der Waals surface area contributed by atoms with E-state index in [-0.39, 0.29) is 5.56 Å². The maximum absolute atomic E-state index is 14.2. The molecule has 0 unspecified atom stereocenters. The fourth-order valence-electron chi connectivity index (χ4n) is 4.13. The molecule has 5 rings (SSSR count). The maximum atomic E-state index is 14.2. The third kappa shape index (κ3) is 5.37. The van der Waals surface area contributed by atoms with Gasteiger partial charge in [0.25, 0.3) is 0 Å². The molecule has 1 aliphatic rings. The normalized spacial score (nSPS) is 13.7. The van der Waals surface area contributed by atoms with E-state index in [2.05, 4.69) is 65.2 Å². The van der Waals surface area contributed by atoms with Gasteiger partial charge in [0.1, 0.15) is 12.2 Å². The van der Waals surface area contributed by atoms with Gasteiger partial charge >= 0.3 is 0 Å². The second-order valence-corrected chi connectivity index (χ2v) is 8.99. The molecule has 0 saturated carbocycles. The zero-order chi connectivity index (χ0) is 26.6. The fourth-order valence-corrected chi connectivity index (χ4v) is 4.13. The van der Waals surface area contributed by atoms with E-state index < -0.39 is 11.6 Å². The number of hydrogen-bond donors (Lipinski definition) is 0. The summed E-state index contributed by atoms with van der Waals surface area (Å²) in [6, 6.07) is 22.6. The van der Waals surface area contributed by atoms with Crippen molar-refractivity contribution in [2.75, 3.05) is 0 Å². The van der Waals surface area contributed by atoms with Crippen molar-refractivity contribution in [2.24, 2.45) is 10.1 Å². The monoisotopic (exact) mass is 508 g/mol. The van der Waals surface area contributed by atoms with Crippen LogP contribution < -0.4 is 0 Å². The molecule has 7 heteroatoms. The lowest BCUT2D eigenvalue weighted by molar-refractivity contribution is 0.305. The Bertz CT molecular complexity index is 1560. The minimum atomic E-state index is -0.932. The number of rotatable bonds is 7. The number of aryl methyl sites for hydroxylation is 1. The molecule has 0 bridgehead atoms. The average molecular weight is 509 g/mol. The van der Waals surface area contributed by atoms with Crippen molar-refractivity contribution in [3.63, 3.8) is 0 Å². The SMILES string of the molecule is C=C1C=NN(Cc2cc(-c3ccc(-c4ccc(CC)cc4)cc3)no2)C=C1N=C(C)c1cccc(F)c1F. The van der Waals surface area contributed by atoms with Gasteiger partial charge in [-0.05, 0) is 42.2 Å². The van der Waals surface area contributed by atoms with Crippen molar-refractivity contribution in [2.45, 2.75) is 26.8 Å². The Morgan fingerprint density at radius 2 is 1.66 bits per heavy atom. The molecule has 0 radical (unpaired) electrons. The van der Waals surface area contributed by atoms with Crippen LogP contribution in [0.15, 0.2) is 111 Å². The maximum Gasteiger partial charge on any atom is 0.167 e. The molecular weight excluding hydrogens is 482 g/mol. The van der Waals surface area contributed by atoms with E-state index in [4.69, 9.17) is 4.52 Å². The number of benzene rings is 3. The number of aliphatic imine (C=N–C) groups is 1. The number of hydrazone groups is 1. The summed E-state index contributed by atoms with van der Waals surface area (Å²) in [5.74, 6) is -1.24. The summed E-state index contributed by atoms with van der Waals surface area (Å²) in [7, 11) is 0. The quantitative estimate of drug-likeness (QED) is 0.242. The highest BCUT2D eigenvalue weighted by molar-refractivity contribution is 6.00. The van der Waals surface area contributed by atoms with Crippen molar-refractivity contribution in [3.8, 4) is 22.4 Å². The molecule has 2 heterocycles. The van der Waals surface area contributed by atoms with E-state index in [1.807, 2.05) is 18.2 Å². The van der Waals surface area contributed by atoms with Crippen molar-refractivity contribution >= 4 is 11.9 Å². The smallest absolute Gasteiger partial charge is 0.167 e. The molecule has 0 amide bonds. The van der Waals surface area contributed by atoms with Crippen molar-refractivity contribution in [3.05, 3.63) is 125 Å². The van der Waals surface area contributed by atoms with Crippen LogP contribution in [-0.2, 0) is 13.0 Å². The molecule has 0 fully saturated rings. The summed E-state index contributed by atoms with van der Waals surface area (Å²) in [6.07, 6.45) is 4.27. The third-order valence-corrected chi connectivity index (χ3v) is 6.34. The fraction of sp³-hybridized carbons (Fsp3) is 0.129. The van der Waals surface area contributed by atoms with Gasteiger partial charge in [-0.25, -0.2) is 8.78 Å². The third-order valence-electron chi connectivity index (χ3n) is 6.34. The Hall–Kier alpha value is -4.65. The highest BCUT2D eigenvalue weighted by Gasteiger charge is 2.16. The number of halogens is 2. The van der Waals surface area contributed by atoms with Gasteiger partial charge in [-0.2, -0.15) is 5.10 Å². The molecule has 0 spiro atoms. The second-order valence-electron chi connectivity index (χ2n) is 8.99. The Morgan fingerprint density at radius 3 is 2.37 bits per heavy atom. The second kappa shape index (κ2) is 10.8. The first-order valence-corrected chi connectivity index (χ1v) is 12.3. The van der Waals surface area contributed by atoms with Crippen LogP contribution in [0.25, 0.3) is 22.4 Å². The standard InChI is InChI=1S/C31H26F2N4O/c1-4-22-8-10-23(11-9-22)24-12-14-25(15-13-24)29-16-26(38-36-29)18-37-19-30(20(2)17-34-37)35-21(3)27-6-5-7-28(32)31(27)33/h5-17,19H,2,4,18H2,1,3H3. The molecule has 190 valence electrons. The van der Waals surface area contributed by atoms with Crippen molar-refractivity contribution < 1.29 is 13.3 Å². The largest absolute Gasteiger partial charge is 0.359 e. The Morgan fingerprint density at radius 1 is 0.974 bits per heavy atom. The van der Waals surface area contributed by atoms with E-state index in [1.54, 1.807) is 24.3 Å². The van der Waals surface area contributed by atoms with Crippen LogP contribution in [0.4, 0.5) is 8.78 Å². The predicted octanol–water partition coefficient (Wildman–Crippen LogP) is 7.56. The summed E-state index contributed by atoms with van der Waals surface area (Å²) >= 11 is 0. The first-order valence-electron chi connectivity index (χ1n) is 12.3. The number of allylic oxidation sites excluding steroid dienone is 1. The Kier molecular flexibility index (Phi) is 7.09. The minimum Gasteiger partial charge on any atom is -0.359 e.